The van der Waals surface area contributed by atoms with E-state index in [2.05, 4.69) is 50.4 Å². The fourth-order valence-electron chi connectivity index (χ4n) is 12.0. The molecule has 6 saturated carbocycles. The van der Waals surface area contributed by atoms with E-state index in [9.17, 15) is 19.8 Å². The predicted octanol–water partition coefficient (Wildman–Crippen LogP) is 4.37. The van der Waals surface area contributed by atoms with E-state index >= 15 is 0 Å². The third-order valence-corrected chi connectivity index (χ3v) is 15.1. The Balaban J connectivity index is 1.16. The molecule has 0 aromatic carbocycles. The SMILES string of the molecule is COC1C(CN2O[C@@H](CO)[C@H]([C@H](C)O)[C@H]2C(=O)N[C@H]2C[C@H]3C[C@@H]([C@@H]2C)C3(C)C)CCCC1C1CC(C(=O)NC2CCCCC2)CC(N(C)C)C1. The van der Waals surface area contributed by atoms with Crippen LogP contribution in [0.15, 0.2) is 0 Å². The Morgan fingerprint density at radius 2 is 1.72 bits per heavy atom. The van der Waals surface area contributed by atoms with Gasteiger partial charge in [0.05, 0.1) is 18.8 Å². The lowest BCUT2D eigenvalue weighted by molar-refractivity contribution is -0.193. The molecule has 2 amide bonds. The molecular weight excluding hydrogens is 632 g/mol. The van der Waals surface area contributed by atoms with Gasteiger partial charge in [0.1, 0.15) is 12.1 Å². The number of fused-ring (bicyclic) bond motifs is 2. The maximum atomic E-state index is 14.3. The molecule has 7 fully saturated rings. The number of carbonyl (C=O) groups is 2. The predicted molar refractivity (Wildman–Crippen MR) is 194 cm³/mol. The normalized spacial score (nSPS) is 42.9. The van der Waals surface area contributed by atoms with E-state index in [0.717, 1.165) is 57.8 Å². The summed E-state index contributed by atoms with van der Waals surface area (Å²) < 4.78 is 6.39. The number of aliphatic hydroxyl groups excluding tert-OH is 2. The zero-order valence-corrected chi connectivity index (χ0v) is 32.2. The number of methoxy groups -OCH3 is 1. The monoisotopic (exact) mass is 703 g/mol. The minimum Gasteiger partial charge on any atom is -0.394 e. The van der Waals surface area contributed by atoms with Crippen molar-refractivity contribution in [2.75, 3.05) is 34.4 Å². The molecule has 4 N–H and O–H groups in total. The van der Waals surface area contributed by atoms with Crippen LogP contribution in [-0.2, 0) is 19.2 Å². The smallest absolute Gasteiger partial charge is 0.240 e. The zero-order chi connectivity index (χ0) is 35.9. The number of nitrogens with zero attached hydrogens (tertiary/aromatic N) is 2. The molecule has 7 rings (SSSR count). The molecule has 0 aromatic rings. The second-order valence-corrected chi connectivity index (χ2v) is 18.4. The average Bonchev–Trinajstić information content (AvgIpc) is 3.47. The maximum absolute atomic E-state index is 14.3. The van der Waals surface area contributed by atoms with Crippen LogP contribution in [0.3, 0.4) is 0 Å². The van der Waals surface area contributed by atoms with Crippen LogP contribution < -0.4 is 10.6 Å². The van der Waals surface area contributed by atoms with Gasteiger partial charge in [0.15, 0.2) is 0 Å². The Morgan fingerprint density at radius 1 is 0.980 bits per heavy atom. The minimum atomic E-state index is -0.816. The molecule has 50 heavy (non-hydrogen) atoms. The molecule has 0 aromatic heterocycles. The first-order valence-electron chi connectivity index (χ1n) is 20.4. The van der Waals surface area contributed by atoms with Gasteiger partial charge in [-0.15, -0.1) is 0 Å². The third kappa shape index (κ3) is 7.68. The second-order valence-electron chi connectivity index (χ2n) is 18.4. The lowest BCUT2D eigenvalue weighted by Gasteiger charge is -2.62. The van der Waals surface area contributed by atoms with Gasteiger partial charge in [-0.25, -0.2) is 0 Å². The van der Waals surface area contributed by atoms with Gasteiger partial charge in [-0.2, -0.15) is 5.06 Å². The molecule has 1 saturated heterocycles. The molecule has 0 radical (unpaired) electrons. The van der Waals surface area contributed by atoms with Crippen molar-refractivity contribution in [3.8, 4) is 0 Å². The van der Waals surface area contributed by atoms with E-state index in [1.54, 1.807) is 12.0 Å². The standard InChI is InChI=1S/C40H70N4O6/c1-23-32-19-28(40(32,3)4)20-33(23)42-39(48)36-35(24(2)46)34(22-45)50-44(36)21-25-12-11-15-31(37(25)49-7)26-16-27(18-30(17-26)43(5)6)38(47)41-29-13-9-8-10-14-29/h23-37,45-46H,8-22H2,1-7H3,(H,41,47)(H,42,48)/t23-,24-,25?,26?,27?,28+,30?,31?,32-,33-,34-,35-,36-,37?/m0/s1. The zero-order valence-electron chi connectivity index (χ0n) is 32.2. The summed E-state index contributed by atoms with van der Waals surface area (Å²) in [5.74, 6) is 2.01. The van der Waals surface area contributed by atoms with Gasteiger partial charge < -0.3 is 30.5 Å². The van der Waals surface area contributed by atoms with E-state index in [4.69, 9.17) is 9.57 Å². The Labute approximate surface area is 302 Å². The van der Waals surface area contributed by atoms with Gasteiger partial charge in [0, 0.05) is 49.5 Å². The van der Waals surface area contributed by atoms with Crippen LogP contribution in [0.4, 0.5) is 0 Å². The number of ether oxygens (including phenoxy) is 1. The summed E-state index contributed by atoms with van der Waals surface area (Å²) in [4.78, 5) is 36.7. The van der Waals surface area contributed by atoms with Crippen LogP contribution in [0.5, 0.6) is 0 Å². The first kappa shape index (κ1) is 38.4. The van der Waals surface area contributed by atoms with E-state index in [-0.39, 0.29) is 42.4 Å². The van der Waals surface area contributed by atoms with E-state index in [1.165, 1.54) is 25.7 Å². The fourth-order valence-corrected chi connectivity index (χ4v) is 12.0. The Kier molecular flexibility index (Phi) is 12.3. The van der Waals surface area contributed by atoms with Crippen LogP contribution in [0.1, 0.15) is 111 Å². The molecule has 10 nitrogen and oxygen atoms in total. The fraction of sp³-hybridized carbons (Fsp3) is 0.950. The van der Waals surface area contributed by atoms with Crippen molar-refractivity contribution in [1.82, 2.24) is 20.6 Å². The largest absolute Gasteiger partial charge is 0.394 e. The topological polar surface area (TPSA) is 124 Å². The first-order valence-corrected chi connectivity index (χ1v) is 20.4. The third-order valence-electron chi connectivity index (χ3n) is 15.1. The molecule has 7 aliphatic rings. The highest BCUT2D eigenvalue weighted by Crippen LogP contribution is 2.61. The molecule has 286 valence electrons. The van der Waals surface area contributed by atoms with E-state index in [1.807, 2.05) is 7.11 Å². The van der Waals surface area contributed by atoms with Gasteiger partial charge in [-0.3, -0.25) is 14.4 Å². The van der Waals surface area contributed by atoms with Gasteiger partial charge in [-0.05, 0) is 114 Å². The van der Waals surface area contributed by atoms with Crippen molar-refractivity contribution in [1.29, 1.82) is 0 Å². The number of hydrogen-bond acceptors (Lipinski definition) is 8. The van der Waals surface area contributed by atoms with Crippen molar-refractivity contribution >= 4 is 11.8 Å². The van der Waals surface area contributed by atoms with Crippen molar-refractivity contribution in [3.05, 3.63) is 0 Å². The summed E-state index contributed by atoms with van der Waals surface area (Å²) in [6.07, 6.45) is 12.5. The molecule has 1 aliphatic heterocycles. The number of hydroxylamine groups is 2. The number of amides is 2. The van der Waals surface area contributed by atoms with Crippen molar-refractivity contribution in [3.63, 3.8) is 0 Å². The Hall–Kier alpha value is -1.30. The minimum absolute atomic E-state index is 0.00635. The lowest BCUT2D eigenvalue weighted by atomic mass is 9.45. The Bertz CT molecular complexity index is 1160. The average molecular weight is 703 g/mol. The molecule has 6 aliphatic carbocycles. The van der Waals surface area contributed by atoms with E-state index < -0.39 is 24.2 Å². The number of nitrogens with one attached hydrogen (secondary N) is 2. The molecule has 2 bridgehead atoms. The number of rotatable bonds is 11. The summed E-state index contributed by atoms with van der Waals surface area (Å²) in [6, 6.07) is 0.0793. The Morgan fingerprint density at radius 3 is 2.34 bits per heavy atom. The van der Waals surface area contributed by atoms with Gasteiger partial charge in [0.2, 0.25) is 11.8 Å². The number of carbonyl (C=O) groups excluding carboxylic acids is 2. The van der Waals surface area contributed by atoms with Crippen molar-refractivity contribution < 1.29 is 29.4 Å². The highest BCUT2D eigenvalue weighted by molar-refractivity contribution is 5.83. The van der Waals surface area contributed by atoms with Gasteiger partial charge >= 0.3 is 0 Å². The van der Waals surface area contributed by atoms with Crippen LogP contribution in [0.2, 0.25) is 0 Å². The summed E-state index contributed by atoms with van der Waals surface area (Å²) in [5, 5.41) is 30.0. The molecule has 0 spiro atoms. The number of hydrogen-bond donors (Lipinski definition) is 4. The number of aliphatic hydroxyl groups is 2. The summed E-state index contributed by atoms with van der Waals surface area (Å²) in [5.41, 5.74) is 0.323. The van der Waals surface area contributed by atoms with Crippen molar-refractivity contribution in [2.45, 2.75) is 154 Å². The van der Waals surface area contributed by atoms with Crippen LogP contribution in [-0.4, -0.2) is 109 Å². The van der Waals surface area contributed by atoms with Crippen LogP contribution >= 0.6 is 0 Å². The highest BCUT2D eigenvalue weighted by Gasteiger charge is 2.58. The lowest BCUT2D eigenvalue weighted by Crippen LogP contribution is -2.62. The quantitative estimate of drug-likeness (QED) is 0.251. The second kappa shape index (κ2) is 16.0. The molecule has 14 atom stereocenters. The van der Waals surface area contributed by atoms with E-state index in [0.29, 0.717) is 53.6 Å². The highest BCUT2D eigenvalue weighted by atomic mass is 16.7. The summed E-state index contributed by atoms with van der Waals surface area (Å²) in [6.45, 7) is 8.97. The summed E-state index contributed by atoms with van der Waals surface area (Å²) in [7, 11) is 6.10. The maximum Gasteiger partial charge on any atom is 0.240 e. The van der Waals surface area contributed by atoms with Crippen LogP contribution in [0, 0.1) is 52.8 Å². The molecule has 6 unspecified atom stereocenters. The molecular formula is C40H70N4O6. The van der Waals surface area contributed by atoms with Gasteiger partial charge in [0.25, 0.3) is 0 Å². The van der Waals surface area contributed by atoms with Crippen LogP contribution in [0.25, 0.3) is 0 Å². The molecule has 10 heteroatoms. The summed E-state index contributed by atoms with van der Waals surface area (Å²) >= 11 is 0. The first-order chi connectivity index (χ1) is 23.8. The van der Waals surface area contributed by atoms with Crippen molar-refractivity contribution in [2.24, 2.45) is 52.8 Å². The van der Waals surface area contributed by atoms with Gasteiger partial charge in [-0.1, -0.05) is 46.5 Å². The molecule has 1 heterocycles.